The lowest BCUT2D eigenvalue weighted by Crippen LogP contribution is -2.35. The molecule has 0 amide bonds. The maximum absolute atomic E-state index is 13.0. The van der Waals surface area contributed by atoms with Crippen LogP contribution in [0, 0.1) is 12.7 Å². The van der Waals surface area contributed by atoms with Crippen LogP contribution in [0.3, 0.4) is 0 Å². The van der Waals surface area contributed by atoms with E-state index >= 15 is 0 Å². The number of rotatable bonds is 4. The summed E-state index contributed by atoms with van der Waals surface area (Å²) in [6, 6.07) is 6.85. The van der Waals surface area contributed by atoms with Crippen LogP contribution in [0.2, 0.25) is 0 Å². The van der Waals surface area contributed by atoms with Gasteiger partial charge >= 0.3 is 0 Å². The molecule has 0 atom stereocenters. The van der Waals surface area contributed by atoms with E-state index < -0.39 is 15.8 Å². The van der Waals surface area contributed by atoms with Gasteiger partial charge in [-0.05, 0) is 44.2 Å². The van der Waals surface area contributed by atoms with Crippen LogP contribution in [0.15, 0.2) is 39.8 Å². The van der Waals surface area contributed by atoms with Crippen molar-refractivity contribution in [2.24, 2.45) is 0 Å². The molecule has 1 saturated heterocycles. The lowest BCUT2D eigenvalue weighted by atomic mass is 10.3. The first-order valence-corrected chi connectivity index (χ1v) is 9.29. The van der Waals surface area contributed by atoms with Crippen molar-refractivity contribution < 1.29 is 17.3 Å². The van der Waals surface area contributed by atoms with Gasteiger partial charge in [-0.2, -0.15) is 4.31 Å². The predicted octanol–water partition coefficient (Wildman–Crippen LogP) is 2.02. The zero-order valence-corrected chi connectivity index (χ0v) is 14.3. The molecule has 3 rings (SSSR count). The molecule has 0 aliphatic carbocycles. The Labute approximate surface area is 140 Å². The summed E-state index contributed by atoms with van der Waals surface area (Å²) in [5.74, 6) is 0.319. The molecular weight excluding hydrogens is 333 g/mol. The van der Waals surface area contributed by atoms with Crippen LogP contribution in [-0.4, -0.2) is 49.0 Å². The molecule has 0 saturated carbocycles. The summed E-state index contributed by atoms with van der Waals surface area (Å²) >= 11 is 0. The number of aromatic nitrogens is 1. The Hall–Kier alpha value is -1.77. The molecule has 0 unspecified atom stereocenters. The summed E-state index contributed by atoms with van der Waals surface area (Å²) in [6.07, 6.45) is 0.733. The maximum atomic E-state index is 13.0. The Balaban J connectivity index is 1.67. The molecule has 1 aliphatic heterocycles. The van der Waals surface area contributed by atoms with Gasteiger partial charge < -0.3 is 4.52 Å². The number of aryl methyl sites for hydroxylation is 1. The highest BCUT2D eigenvalue weighted by Crippen LogP contribution is 2.19. The van der Waals surface area contributed by atoms with E-state index in [0.717, 1.165) is 24.4 Å². The van der Waals surface area contributed by atoms with E-state index in [1.54, 1.807) is 0 Å². The summed E-state index contributed by atoms with van der Waals surface area (Å²) in [6.45, 7) is 4.75. The SMILES string of the molecule is Cc1cc(CN2CCCN(S(=O)(=O)c3ccc(F)cc3)CC2)no1. The fraction of sp³-hybridized carbons (Fsp3) is 0.438. The normalized spacial score (nSPS) is 17.8. The lowest BCUT2D eigenvalue weighted by Gasteiger charge is -2.21. The quantitative estimate of drug-likeness (QED) is 0.841. The first kappa shape index (κ1) is 17.1. The first-order chi connectivity index (χ1) is 11.4. The van der Waals surface area contributed by atoms with E-state index in [9.17, 15) is 12.8 Å². The third-order valence-corrected chi connectivity index (χ3v) is 5.97. The molecule has 0 bridgehead atoms. The van der Waals surface area contributed by atoms with Crippen molar-refractivity contribution in [1.29, 1.82) is 0 Å². The Morgan fingerprint density at radius 3 is 2.58 bits per heavy atom. The minimum absolute atomic E-state index is 0.129. The second kappa shape index (κ2) is 7.00. The fourth-order valence-corrected chi connectivity index (χ4v) is 4.29. The van der Waals surface area contributed by atoms with E-state index in [2.05, 4.69) is 10.1 Å². The highest BCUT2D eigenvalue weighted by molar-refractivity contribution is 7.89. The molecule has 1 aromatic carbocycles. The standard InChI is InChI=1S/C16H20FN3O3S/c1-13-11-15(18-23-13)12-19-7-2-8-20(10-9-19)24(21,22)16-5-3-14(17)4-6-16/h3-6,11H,2,7-10,12H2,1H3. The van der Waals surface area contributed by atoms with E-state index in [0.29, 0.717) is 26.2 Å². The summed E-state index contributed by atoms with van der Waals surface area (Å²) in [5.41, 5.74) is 0.849. The molecule has 8 heteroatoms. The topological polar surface area (TPSA) is 66.7 Å². The molecule has 0 spiro atoms. The van der Waals surface area contributed by atoms with Crippen LogP contribution < -0.4 is 0 Å². The van der Waals surface area contributed by atoms with Gasteiger partial charge in [-0.15, -0.1) is 0 Å². The van der Waals surface area contributed by atoms with E-state index in [4.69, 9.17) is 4.52 Å². The van der Waals surface area contributed by atoms with Crippen molar-refractivity contribution in [3.63, 3.8) is 0 Å². The summed E-state index contributed by atoms with van der Waals surface area (Å²) in [4.78, 5) is 2.29. The highest BCUT2D eigenvalue weighted by Gasteiger charge is 2.27. The largest absolute Gasteiger partial charge is 0.361 e. The Bertz CT molecular complexity index is 789. The Morgan fingerprint density at radius 2 is 1.92 bits per heavy atom. The van der Waals surface area contributed by atoms with Crippen molar-refractivity contribution in [3.05, 3.63) is 47.6 Å². The number of halogens is 1. The molecular formula is C16H20FN3O3S. The molecule has 1 aromatic heterocycles. The molecule has 130 valence electrons. The average molecular weight is 353 g/mol. The summed E-state index contributed by atoms with van der Waals surface area (Å²) in [7, 11) is -3.59. The van der Waals surface area contributed by atoms with Gasteiger partial charge in [0.25, 0.3) is 0 Å². The van der Waals surface area contributed by atoms with E-state index in [1.165, 1.54) is 28.6 Å². The molecule has 0 N–H and O–H groups in total. The van der Waals surface area contributed by atoms with Gasteiger partial charge in [0.15, 0.2) is 0 Å². The van der Waals surface area contributed by atoms with E-state index in [1.807, 2.05) is 13.0 Å². The smallest absolute Gasteiger partial charge is 0.243 e. The zero-order chi connectivity index (χ0) is 17.2. The van der Waals surface area contributed by atoms with Crippen molar-refractivity contribution in [3.8, 4) is 0 Å². The molecule has 1 aliphatic rings. The monoisotopic (exact) mass is 353 g/mol. The number of nitrogens with zero attached hydrogens (tertiary/aromatic N) is 3. The van der Waals surface area contributed by atoms with Gasteiger partial charge in [0.05, 0.1) is 10.6 Å². The second-order valence-corrected chi connectivity index (χ2v) is 7.85. The van der Waals surface area contributed by atoms with Crippen molar-refractivity contribution in [2.45, 2.75) is 24.8 Å². The van der Waals surface area contributed by atoms with Crippen LogP contribution in [-0.2, 0) is 16.6 Å². The summed E-state index contributed by atoms with van der Waals surface area (Å²) < 4.78 is 44.9. The lowest BCUT2D eigenvalue weighted by molar-refractivity contribution is 0.268. The second-order valence-electron chi connectivity index (χ2n) is 5.92. The highest BCUT2D eigenvalue weighted by atomic mass is 32.2. The van der Waals surface area contributed by atoms with Crippen LogP contribution in [0.25, 0.3) is 0 Å². The third kappa shape index (κ3) is 3.82. The first-order valence-electron chi connectivity index (χ1n) is 7.85. The van der Waals surface area contributed by atoms with Gasteiger partial charge in [0.2, 0.25) is 10.0 Å². The molecule has 2 heterocycles. The summed E-state index contributed by atoms with van der Waals surface area (Å²) in [5, 5.41) is 3.98. The number of benzene rings is 1. The van der Waals surface area contributed by atoms with Gasteiger partial charge in [-0.1, -0.05) is 5.16 Å². The predicted molar refractivity (Wildman–Crippen MR) is 86.3 cm³/mol. The average Bonchev–Trinajstić information content (AvgIpc) is 2.81. The van der Waals surface area contributed by atoms with Crippen molar-refractivity contribution in [2.75, 3.05) is 26.2 Å². The fourth-order valence-electron chi connectivity index (χ4n) is 2.82. The molecule has 24 heavy (non-hydrogen) atoms. The number of sulfonamides is 1. The van der Waals surface area contributed by atoms with Crippen LogP contribution in [0.4, 0.5) is 4.39 Å². The van der Waals surface area contributed by atoms with E-state index in [-0.39, 0.29) is 4.90 Å². The number of hydrogen-bond donors (Lipinski definition) is 0. The van der Waals surface area contributed by atoms with Gasteiger partial charge in [0.1, 0.15) is 11.6 Å². The van der Waals surface area contributed by atoms with Crippen molar-refractivity contribution in [1.82, 2.24) is 14.4 Å². The minimum atomic E-state index is -3.59. The molecule has 1 fully saturated rings. The van der Waals surface area contributed by atoms with Crippen LogP contribution in [0.5, 0.6) is 0 Å². The maximum Gasteiger partial charge on any atom is 0.243 e. The van der Waals surface area contributed by atoms with Crippen LogP contribution in [0.1, 0.15) is 17.9 Å². The van der Waals surface area contributed by atoms with Gasteiger partial charge in [-0.25, -0.2) is 12.8 Å². The van der Waals surface area contributed by atoms with Gasteiger partial charge in [-0.3, -0.25) is 4.90 Å². The van der Waals surface area contributed by atoms with Gasteiger partial charge in [0, 0.05) is 32.2 Å². The number of hydrogen-bond acceptors (Lipinski definition) is 5. The Morgan fingerprint density at radius 1 is 1.17 bits per heavy atom. The Kier molecular flexibility index (Phi) is 4.98. The minimum Gasteiger partial charge on any atom is -0.361 e. The molecule has 2 aromatic rings. The van der Waals surface area contributed by atoms with Crippen LogP contribution >= 0.6 is 0 Å². The third-order valence-electron chi connectivity index (χ3n) is 4.06. The zero-order valence-electron chi connectivity index (χ0n) is 13.5. The molecule has 6 nitrogen and oxygen atoms in total. The van der Waals surface area contributed by atoms with Crippen molar-refractivity contribution >= 4 is 10.0 Å². The molecule has 0 radical (unpaired) electrons.